The molecule has 0 heterocycles. The maximum atomic E-state index is 12.6. The number of carbonyl (C=O) groups excluding carboxylic acids is 2. The molecule has 0 rings (SSSR count). The minimum absolute atomic E-state index is 0.0170. The molecule has 0 aliphatic heterocycles. The van der Waals surface area contributed by atoms with Gasteiger partial charge in [0.05, 0.1) is 6.04 Å². The van der Waals surface area contributed by atoms with E-state index in [4.69, 9.17) is 11.5 Å². The molecule has 0 saturated heterocycles. The van der Waals surface area contributed by atoms with Crippen molar-refractivity contribution in [1.29, 1.82) is 0 Å². The van der Waals surface area contributed by atoms with Crippen LogP contribution in [0.1, 0.15) is 122 Å². The summed E-state index contributed by atoms with van der Waals surface area (Å²) < 4.78 is 0. The minimum atomic E-state index is -0.470. The lowest BCUT2D eigenvalue weighted by Crippen LogP contribution is -2.44. The van der Waals surface area contributed by atoms with E-state index in [1.165, 1.54) is 77.0 Å². The van der Waals surface area contributed by atoms with E-state index in [1.807, 2.05) is 0 Å². The van der Waals surface area contributed by atoms with Crippen molar-refractivity contribution in [3.05, 3.63) is 12.2 Å². The number of amides is 1. The summed E-state index contributed by atoms with van der Waals surface area (Å²) in [5.74, 6) is -0.0170. The highest BCUT2D eigenvalue weighted by atomic mass is 16.2. The van der Waals surface area contributed by atoms with Gasteiger partial charge in [-0.15, -0.1) is 0 Å². The SMILES string of the molecule is CCCCCCCC/C=C\CCCCCCCCN(CCC=O)C(=O)C(N)CCCCN. The molecule has 1 unspecified atom stereocenters. The zero-order valence-electron chi connectivity index (χ0n) is 21.1. The van der Waals surface area contributed by atoms with Gasteiger partial charge in [-0.05, 0) is 51.5 Å². The maximum Gasteiger partial charge on any atom is 0.239 e. The summed E-state index contributed by atoms with van der Waals surface area (Å²) in [6.45, 7) is 4.09. The molecule has 0 bridgehead atoms. The fourth-order valence-electron chi connectivity index (χ4n) is 3.96. The quantitative estimate of drug-likeness (QED) is 0.109. The molecule has 0 aliphatic carbocycles. The molecule has 1 amide bonds. The van der Waals surface area contributed by atoms with Crippen LogP contribution in [0.5, 0.6) is 0 Å². The fourth-order valence-corrected chi connectivity index (χ4v) is 3.96. The molecular formula is C27H53N3O2. The summed E-state index contributed by atoms with van der Waals surface area (Å²) in [4.78, 5) is 25.1. The van der Waals surface area contributed by atoms with Crippen molar-refractivity contribution in [2.75, 3.05) is 19.6 Å². The van der Waals surface area contributed by atoms with Crippen molar-refractivity contribution >= 4 is 12.2 Å². The first kappa shape index (κ1) is 30.8. The van der Waals surface area contributed by atoms with E-state index >= 15 is 0 Å². The van der Waals surface area contributed by atoms with Crippen molar-refractivity contribution in [1.82, 2.24) is 4.90 Å². The van der Waals surface area contributed by atoms with Crippen molar-refractivity contribution in [3.8, 4) is 0 Å². The Morgan fingerprint density at radius 3 is 1.88 bits per heavy atom. The molecule has 188 valence electrons. The summed E-state index contributed by atoms with van der Waals surface area (Å²) in [5.41, 5.74) is 11.6. The van der Waals surface area contributed by atoms with Crippen LogP contribution >= 0.6 is 0 Å². The molecule has 0 radical (unpaired) electrons. The van der Waals surface area contributed by atoms with Crippen molar-refractivity contribution in [3.63, 3.8) is 0 Å². The molecule has 4 N–H and O–H groups in total. The topological polar surface area (TPSA) is 89.4 Å². The van der Waals surface area contributed by atoms with Gasteiger partial charge in [0, 0.05) is 19.5 Å². The molecule has 0 aromatic heterocycles. The van der Waals surface area contributed by atoms with E-state index in [-0.39, 0.29) is 5.91 Å². The van der Waals surface area contributed by atoms with Gasteiger partial charge >= 0.3 is 0 Å². The van der Waals surface area contributed by atoms with Gasteiger partial charge in [0.25, 0.3) is 0 Å². The Bertz CT molecular complexity index is 454. The van der Waals surface area contributed by atoms with Crippen LogP contribution in [0.25, 0.3) is 0 Å². The van der Waals surface area contributed by atoms with E-state index in [0.717, 1.165) is 32.0 Å². The highest BCUT2D eigenvalue weighted by molar-refractivity contribution is 5.81. The molecule has 0 fully saturated rings. The third-order valence-electron chi connectivity index (χ3n) is 6.05. The van der Waals surface area contributed by atoms with E-state index in [0.29, 0.717) is 32.5 Å². The number of hydrogen-bond acceptors (Lipinski definition) is 4. The zero-order chi connectivity index (χ0) is 23.7. The molecular weight excluding hydrogens is 398 g/mol. The van der Waals surface area contributed by atoms with E-state index in [9.17, 15) is 9.59 Å². The van der Waals surface area contributed by atoms with E-state index in [2.05, 4.69) is 19.1 Å². The Labute approximate surface area is 198 Å². The molecule has 5 heteroatoms. The van der Waals surface area contributed by atoms with Gasteiger partial charge in [0.15, 0.2) is 0 Å². The average Bonchev–Trinajstić information content (AvgIpc) is 2.80. The number of hydrogen-bond donors (Lipinski definition) is 2. The molecule has 32 heavy (non-hydrogen) atoms. The van der Waals surface area contributed by atoms with E-state index in [1.54, 1.807) is 4.90 Å². The highest BCUT2D eigenvalue weighted by Gasteiger charge is 2.19. The number of carbonyl (C=O) groups is 2. The van der Waals surface area contributed by atoms with Crippen LogP contribution in [0.4, 0.5) is 0 Å². The number of aldehydes is 1. The molecule has 1 atom stereocenters. The number of allylic oxidation sites excluding steroid dienone is 2. The second-order valence-electron chi connectivity index (χ2n) is 9.11. The number of nitrogens with zero attached hydrogens (tertiary/aromatic N) is 1. The van der Waals surface area contributed by atoms with Gasteiger partial charge in [0.1, 0.15) is 6.29 Å². The Morgan fingerprint density at radius 2 is 1.31 bits per heavy atom. The highest BCUT2D eigenvalue weighted by Crippen LogP contribution is 2.11. The van der Waals surface area contributed by atoms with Crippen LogP contribution in [-0.4, -0.2) is 42.8 Å². The van der Waals surface area contributed by atoms with Crippen LogP contribution < -0.4 is 11.5 Å². The molecule has 0 spiro atoms. The fraction of sp³-hybridized carbons (Fsp3) is 0.852. The van der Waals surface area contributed by atoms with Crippen LogP contribution in [-0.2, 0) is 9.59 Å². The monoisotopic (exact) mass is 451 g/mol. The number of unbranched alkanes of at least 4 members (excludes halogenated alkanes) is 13. The van der Waals surface area contributed by atoms with Crippen LogP contribution in [0.15, 0.2) is 12.2 Å². The number of rotatable bonds is 24. The van der Waals surface area contributed by atoms with Gasteiger partial charge in [-0.2, -0.15) is 0 Å². The summed E-state index contributed by atoms with van der Waals surface area (Å²) in [6, 6.07) is -0.470. The van der Waals surface area contributed by atoms with Crippen LogP contribution in [0.2, 0.25) is 0 Å². The van der Waals surface area contributed by atoms with Crippen molar-refractivity contribution < 1.29 is 9.59 Å². The lowest BCUT2D eigenvalue weighted by molar-refractivity contribution is -0.133. The van der Waals surface area contributed by atoms with Crippen LogP contribution in [0, 0.1) is 0 Å². The first-order valence-electron chi connectivity index (χ1n) is 13.5. The maximum absolute atomic E-state index is 12.6. The van der Waals surface area contributed by atoms with Gasteiger partial charge in [-0.3, -0.25) is 4.79 Å². The van der Waals surface area contributed by atoms with Crippen molar-refractivity contribution in [2.24, 2.45) is 11.5 Å². The molecule has 5 nitrogen and oxygen atoms in total. The van der Waals surface area contributed by atoms with Gasteiger partial charge < -0.3 is 21.2 Å². The Morgan fingerprint density at radius 1 is 0.750 bits per heavy atom. The first-order valence-corrected chi connectivity index (χ1v) is 13.5. The first-order chi connectivity index (χ1) is 15.7. The Kier molecular flexibility index (Phi) is 23.5. The Hall–Kier alpha value is -1.20. The molecule has 0 saturated carbocycles. The van der Waals surface area contributed by atoms with Crippen molar-refractivity contribution in [2.45, 2.75) is 129 Å². The largest absolute Gasteiger partial charge is 0.341 e. The van der Waals surface area contributed by atoms with Gasteiger partial charge in [-0.1, -0.05) is 83.3 Å². The summed E-state index contributed by atoms with van der Waals surface area (Å²) >= 11 is 0. The second kappa shape index (κ2) is 24.4. The Balaban J connectivity index is 3.75. The third kappa shape index (κ3) is 19.5. The minimum Gasteiger partial charge on any atom is -0.341 e. The molecule has 0 aliphatic rings. The van der Waals surface area contributed by atoms with E-state index < -0.39 is 6.04 Å². The standard InChI is InChI=1S/C27H53N3O2/c1-2-3-4-5-6-7-8-9-10-11-12-13-14-15-16-19-23-30(24-20-25-31)27(32)26(29)21-17-18-22-28/h9-10,25-26H,2-8,11-24,28-29H2,1H3/b10-9-. The predicted octanol–water partition coefficient (Wildman–Crippen LogP) is 5.90. The second-order valence-corrected chi connectivity index (χ2v) is 9.11. The summed E-state index contributed by atoms with van der Waals surface area (Å²) in [7, 11) is 0. The lowest BCUT2D eigenvalue weighted by Gasteiger charge is -2.25. The lowest BCUT2D eigenvalue weighted by atomic mass is 10.1. The van der Waals surface area contributed by atoms with Gasteiger partial charge in [-0.25, -0.2) is 0 Å². The number of nitrogens with two attached hydrogens (primary N) is 2. The molecule has 0 aromatic carbocycles. The summed E-state index contributed by atoms with van der Waals surface area (Å²) in [6.07, 6.45) is 26.2. The predicted molar refractivity (Wildman–Crippen MR) is 138 cm³/mol. The third-order valence-corrected chi connectivity index (χ3v) is 6.05. The molecule has 0 aromatic rings. The van der Waals surface area contributed by atoms with Crippen LogP contribution in [0.3, 0.4) is 0 Å². The smallest absolute Gasteiger partial charge is 0.239 e. The zero-order valence-corrected chi connectivity index (χ0v) is 21.1. The average molecular weight is 452 g/mol. The normalized spacial score (nSPS) is 12.3. The summed E-state index contributed by atoms with van der Waals surface area (Å²) in [5, 5.41) is 0. The van der Waals surface area contributed by atoms with Gasteiger partial charge in [0.2, 0.25) is 5.91 Å².